The van der Waals surface area contributed by atoms with E-state index < -0.39 is 0 Å². The van der Waals surface area contributed by atoms with Gasteiger partial charge in [0.25, 0.3) is 5.91 Å². The Morgan fingerprint density at radius 3 is 2.64 bits per heavy atom. The lowest BCUT2D eigenvalue weighted by Gasteiger charge is -2.04. The van der Waals surface area contributed by atoms with E-state index in [-0.39, 0.29) is 5.91 Å². The van der Waals surface area contributed by atoms with E-state index >= 15 is 0 Å². The Labute approximate surface area is 152 Å². The third kappa shape index (κ3) is 2.75. The highest BCUT2D eigenvalue weighted by molar-refractivity contribution is 7.21. The van der Waals surface area contributed by atoms with Crippen molar-refractivity contribution in [3.05, 3.63) is 45.3 Å². The maximum Gasteiger partial charge on any atom is 0.269 e. The molecule has 1 amide bonds. The minimum Gasteiger partial charge on any atom is -0.397 e. The van der Waals surface area contributed by atoms with Crippen LogP contribution in [0.15, 0.2) is 23.6 Å². The summed E-state index contributed by atoms with van der Waals surface area (Å²) in [6.45, 7) is 6.00. The molecule has 0 radical (unpaired) electrons. The molecule has 3 N–H and O–H groups in total. The van der Waals surface area contributed by atoms with E-state index in [0.29, 0.717) is 15.7 Å². The minimum absolute atomic E-state index is 0.244. The maximum absolute atomic E-state index is 12.6. The molecule has 25 heavy (non-hydrogen) atoms. The first-order chi connectivity index (χ1) is 11.9. The lowest BCUT2D eigenvalue weighted by molar-refractivity contribution is 0.103. The van der Waals surface area contributed by atoms with Gasteiger partial charge in [0.05, 0.1) is 16.9 Å². The fourth-order valence-corrected chi connectivity index (χ4v) is 4.55. The number of thiophene rings is 1. The van der Waals surface area contributed by atoms with E-state index in [4.69, 9.17) is 10.7 Å². The smallest absolute Gasteiger partial charge is 0.269 e. The van der Waals surface area contributed by atoms with Crippen molar-refractivity contribution in [2.24, 2.45) is 0 Å². The number of anilines is 2. The zero-order valence-electron chi connectivity index (χ0n) is 14.0. The van der Waals surface area contributed by atoms with Crippen LogP contribution in [0.5, 0.6) is 0 Å². The number of carbonyl (C=O) groups is 1. The van der Waals surface area contributed by atoms with Crippen LogP contribution >= 0.6 is 22.7 Å². The fourth-order valence-electron chi connectivity index (χ4n) is 2.89. The molecule has 7 heteroatoms. The largest absolute Gasteiger partial charge is 0.397 e. The monoisotopic (exact) mass is 368 g/mol. The van der Waals surface area contributed by atoms with Crippen molar-refractivity contribution in [1.29, 1.82) is 0 Å². The molecule has 0 aliphatic carbocycles. The Kier molecular flexibility index (Phi) is 3.70. The first-order valence-electron chi connectivity index (χ1n) is 7.76. The zero-order valence-corrected chi connectivity index (χ0v) is 15.6. The molecule has 4 rings (SSSR count). The van der Waals surface area contributed by atoms with Gasteiger partial charge in [0, 0.05) is 16.2 Å². The summed E-state index contributed by atoms with van der Waals surface area (Å²) in [4.78, 5) is 22.8. The molecule has 0 fully saturated rings. The predicted molar refractivity (Wildman–Crippen MR) is 106 cm³/mol. The van der Waals surface area contributed by atoms with Crippen LogP contribution in [0, 0.1) is 20.8 Å². The van der Waals surface area contributed by atoms with Crippen LogP contribution in [0.4, 0.5) is 10.8 Å². The van der Waals surface area contributed by atoms with Gasteiger partial charge in [-0.1, -0.05) is 6.07 Å². The molecule has 0 atom stereocenters. The molecule has 0 bridgehead atoms. The number of hydrogen-bond donors (Lipinski definition) is 2. The summed E-state index contributed by atoms with van der Waals surface area (Å²) in [7, 11) is 0. The number of thiazole rings is 1. The molecule has 0 spiro atoms. The van der Waals surface area contributed by atoms with Gasteiger partial charge in [0.15, 0.2) is 5.13 Å². The number of hydrogen-bond acceptors (Lipinski definition) is 6. The molecule has 3 heterocycles. The first kappa shape index (κ1) is 16.0. The number of aromatic nitrogens is 2. The van der Waals surface area contributed by atoms with E-state index in [9.17, 15) is 4.79 Å². The van der Waals surface area contributed by atoms with Gasteiger partial charge in [-0.05, 0) is 44.0 Å². The molecule has 5 nitrogen and oxygen atoms in total. The summed E-state index contributed by atoms with van der Waals surface area (Å²) in [6.07, 6.45) is 0. The van der Waals surface area contributed by atoms with Gasteiger partial charge in [-0.15, -0.1) is 22.7 Å². The normalized spacial score (nSPS) is 11.3. The quantitative estimate of drug-likeness (QED) is 0.539. The van der Waals surface area contributed by atoms with Gasteiger partial charge in [-0.2, -0.15) is 0 Å². The number of nitrogens with zero attached hydrogens (tertiary/aromatic N) is 2. The number of nitrogens with one attached hydrogen (secondary N) is 1. The van der Waals surface area contributed by atoms with E-state index in [2.05, 4.69) is 36.3 Å². The molecule has 0 saturated heterocycles. The number of carbonyl (C=O) groups excluding carboxylic acids is 1. The van der Waals surface area contributed by atoms with E-state index in [1.165, 1.54) is 28.2 Å². The topological polar surface area (TPSA) is 80.9 Å². The van der Waals surface area contributed by atoms with Crippen molar-refractivity contribution in [2.75, 3.05) is 11.1 Å². The second kappa shape index (κ2) is 5.79. The Hall–Kier alpha value is -2.51. The third-order valence-electron chi connectivity index (χ3n) is 4.03. The van der Waals surface area contributed by atoms with Crippen molar-refractivity contribution >= 4 is 60.5 Å². The lowest BCUT2D eigenvalue weighted by Crippen LogP contribution is -2.11. The van der Waals surface area contributed by atoms with Crippen LogP contribution in [0.3, 0.4) is 0 Å². The zero-order chi connectivity index (χ0) is 17.7. The van der Waals surface area contributed by atoms with Crippen LogP contribution in [0.1, 0.15) is 26.5 Å². The average molecular weight is 368 g/mol. The van der Waals surface area contributed by atoms with Gasteiger partial charge >= 0.3 is 0 Å². The first-order valence-corrected chi connectivity index (χ1v) is 9.45. The molecular formula is C18H16N4OS2. The summed E-state index contributed by atoms with van der Waals surface area (Å²) in [5, 5.41) is 7.16. The second-order valence-corrected chi connectivity index (χ2v) is 7.94. The van der Waals surface area contributed by atoms with Crippen LogP contribution in [0.25, 0.3) is 21.1 Å². The van der Waals surface area contributed by atoms with Crippen molar-refractivity contribution in [2.45, 2.75) is 20.8 Å². The van der Waals surface area contributed by atoms with Crippen molar-refractivity contribution in [3.63, 3.8) is 0 Å². The number of nitrogen functional groups attached to an aromatic ring is 1. The molecule has 3 aromatic heterocycles. The summed E-state index contributed by atoms with van der Waals surface area (Å²) >= 11 is 2.71. The number of rotatable bonds is 2. The van der Waals surface area contributed by atoms with Crippen LogP contribution < -0.4 is 11.1 Å². The summed E-state index contributed by atoms with van der Waals surface area (Å²) < 4.78 is 0. The minimum atomic E-state index is -0.244. The Morgan fingerprint density at radius 1 is 1.12 bits per heavy atom. The third-order valence-corrected chi connectivity index (χ3v) is 6.02. The lowest BCUT2D eigenvalue weighted by atomic mass is 10.1. The fraction of sp³-hybridized carbons (Fsp3) is 0.167. The summed E-state index contributed by atoms with van der Waals surface area (Å²) in [5.41, 5.74) is 10.9. The molecule has 1 aromatic carbocycles. The molecule has 0 unspecified atom stereocenters. The van der Waals surface area contributed by atoms with E-state index in [1.807, 2.05) is 18.4 Å². The number of aryl methyl sites for hydroxylation is 3. The highest BCUT2D eigenvalue weighted by Gasteiger charge is 2.19. The highest BCUT2D eigenvalue weighted by atomic mass is 32.1. The van der Waals surface area contributed by atoms with Crippen LogP contribution in [-0.4, -0.2) is 15.9 Å². The molecule has 0 aliphatic heterocycles. The van der Waals surface area contributed by atoms with E-state index in [0.717, 1.165) is 32.4 Å². The Bertz CT molecular complexity index is 1140. The number of benzene rings is 1. The number of pyridine rings is 1. The van der Waals surface area contributed by atoms with Crippen LogP contribution in [0.2, 0.25) is 0 Å². The van der Waals surface area contributed by atoms with Crippen molar-refractivity contribution < 1.29 is 4.79 Å². The van der Waals surface area contributed by atoms with Gasteiger partial charge in [-0.25, -0.2) is 9.97 Å². The maximum atomic E-state index is 12.6. The van der Waals surface area contributed by atoms with Gasteiger partial charge in [-0.3, -0.25) is 10.1 Å². The molecule has 0 saturated carbocycles. The molecule has 0 aliphatic rings. The summed E-state index contributed by atoms with van der Waals surface area (Å²) in [6, 6.07) is 6.20. The molecule has 126 valence electrons. The van der Waals surface area contributed by atoms with Gasteiger partial charge in [0.2, 0.25) is 0 Å². The predicted octanol–water partition coefficient (Wildman–Crippen LogP) is 4.67. The Balaban J connectivity index is 1.82. The van der Waals surface area contributed by atoms with Crippen molar-refractivity contribution in [1.82, 2.24) is 9.97 Å². The highest BCUT2D eigenvalue weighted by Crippen LogP contribution is 2.36. The second-order valence-electron chi connectivity index (χ2n) is 6.08. The van der Waals surface area contributed by atoms with Crippen molar-refractivity contribution in [3.8, 4) is 0 Å². The molecule has 4 aromatic rings. The van der Waals surface area contributed by atoms with Crippen LogP contribution in [-0.2, 0) is 0 Å². The number of nitrogens with two attached hydrogens (primary N) is 1. The average Bonchev–Trinajstić information content (AvgIpc) is 3.09. The van der Waals surface area contributed by atoms with Gasteiger partial charge in [0.1, 0.15) is 9.71 Å². The number of amides is 1. The SMILES string of the molecule is Cc1cc(C)c2cc3c(N)c(C(=O)Nc4nc(C)cs4)sc3nc2c1. The molecular weight excluding hydrogens is 352 g/mol. The standard InChI is InChI=1S/C18H16N4OS2/c1-8-4-9(2)11-6-12-14(19)15(25-17(12)21-13(11)5-8)16(23)22-18-20-10(3)7-24-18/h4-7H,19H2,1-3H3,(H,20,22,23). The number of fused-ring (bicyclic) bond motifs is 2. The Morgan fingerprint density at radius 2 is 1.92 bits per heavy atom. The summed E-state index contributed by atoms with van der Waals surface area (Å²) in [5.74, 6) is -0.244. The van der Waals surface area contributed by atoms with E-state index in [1.54, 1.807) is 0 Å². The van der Waals surface area contributed by atoms with Gasteiger partial charge < -0.3 is 5.73 Å².